The molecule has 1 aromatic carbocycles. The molecule has 2 rings (SSSR count). The summed E-state index contributed by atoms with van der Waals surface area (Å²) in [5.41, 5.74) is 7.11. The number of likely N-dealkylation sites (tertiary alicyclic amines) is 1. The predicted molar refractivity (Wildman–Crippen MR) is 81.2 cm³/mol. The number of nitrogens with zero attached hydrogens (tertiary/aromatic N) is 2. The quantitative estimate of drug-likeness (QED) is 0.848. The fraction of sp³-hybridized carbons (Fsp3) is 0.500. The van der Waals surface area contributed by atoms with Gasteiger partial charge in [0.1, 0.15) is 0 Å². The molecule has 1 fully saturated rings. The van der Waals surface area contributed by atoms with Crippen molar-refractivity contribution < 1.29 is 4.79 Å². The molecule has 0 spiro atoms. The topological polar surface area (TPSA) is 49.6 Å². The molecule has 5 heteroatoms. The van der Waals surface area contributed by atoms with Crippen molar-refractivity contribution in [1.29, 1.82) is 0 Å². The Morgan fingerprint density at radius 3 is 2.84 bits per heavy atom. The minimum absolute atomic E-state index is 0.0748. The van der Waals surface area contributed by atoms with Gasteiger partial charge >= 0.3 is 0 Å². The molecule has 0 bridgehead atoms. The molecular weight excluding hydrogens is 306 g/mol. The second kappa shape index (κ2) is 5.92. The highest BCUT2D eigenvalue weighted by Crippen LogP contribution is 2.22. The number of benzene rings is 1. The van der Waals surface area contributed by atoms with Crippen LogP contribution in [0.5, 0.6) is 0 Å². The fourth-order valence-corrected chi connectivity index (χ4v) is 2.67. The molecule has 1 aliphatic heterocycles. The Morgan fingerprint density at radius 2 is 2.21 bits per heavy atom. The largest absolute Gasteiger partial charge is 0.398 e. The molecule has 0 aliphatic carbocycles. The zero-order valence-electron chi connectivity index (χ0n) is 11.4. The number of piperidine rings is 1. The van der Waals surface area contributed by atoms with E-state index in [1.165, 1.54) is 0 Å². The average Bonchev–Trinajstić information content (AvgIpc) is 2.41. The van der Waals surface area contributed by atoms with Crippen molar-refractivity contribution in [3.8, 4) is 0 Å². The van der Waals surface area contributed by atoms with Gasteiger partial charge in [-0.25, -0.2) is 0 Å². The smallest absolute Gasteiger partial charge is 0.253 e. The van der Waals surface area contributed by atoms with Crippen molar-refractivity contribution in [2.75, 3.05) is 32.9 Å². The number of carbonyl (C=O) groups excluding carboxylic acids is 1. The Hall–Kier alpha value is -1.07. The summed E-state index contributed by atoms with van der Waals surface area (Å²) in [6.07, 6.45) is 2.21. The molecule has 0 radical (unpaired) electrons. The van der Waals surface area contributed by atoms with Gasteiger partial charge < -0.3 is 15.5 Å². The Balaban J connectivity index is 2.12. The molecule has 1 atom stereocenters. The molecule has 0 saturated carbocycles. The maximum atomic E-state index is 12.5. The number of hydrogen-bond donors (Lipinski definition) is 1. The van der Waals surface area contributed by atoms with Crippen molar-refractivity contribution in [2.45, 2.75) is 18.9 Å². The van der Waals surface area contributed by atoms with Crippen LogP contribution in [0.3, 0.4) is 0 Å². The maximum Gasteiger partial charge on any atom is 0.253 e. The number of rotatable bonds is 2. The third-order valence-corrected chi connectivity index (χ3v) is 4.38. The highest BCUT2D eigenvalue weighted by atomic mass is 79.9. The van der Waals surface area contributed by atoms with Crippen molar-refractivity contribution in [3.05, 3.63) is 28.2 Å². The molecule has 19 heavy (non-hydrogen) atoms. The van der Waals surface area contributed by atoms with Crippen molar-refractivity contribution in [2.24, 2.45) is 0 Å². The lowest BCUT2D eigenvalue weighted by molar-refractivity contribution is 0.0635. The van der Waals surface area contributed by atoms with Gasteiger partial charge in [-0.15, -0.1) is 0 Å². The highest BCUT2D eigenvalue weighted by Gasteiger charge is 2.25. The molecule has 2 N–H and O–H groups in total. The van der Waals surface area contributed by atoms with Gasteiger partial charge in [-0.05, 0) is 61.1 Å². The number of anilines is 1. The third kappa shape index (κ3) is 3.28. The summed E-state index contributed by atoms with van der Waals surface area (Å²) in [5, 5.41) is 0. The normalized spacial score (nSPS) is 19.8. The lowest BCUT2D eigenvalue weighted by Gasteiger charge is -2.36. The number of likely N-dealkylation sites (N-methyl/N-ethyl adjacent to an activating group) is 1. The van der Waals surface area contributed by atoms with E-state index in [4.69, 9.17) is 5.73 Å². The van der Waals surface area contributed by atoms with Gasteiger partial charge in [0.25, 0.3) is 5.91 Å². The molecule has 1 saturated heterocycles. The van der Waals surface area contributed by atoms with E-state index in [0.717, 1.165) is 30.4 Å². The van der Waals surface area contributed by atoms with Crippen LogP contribution >= 0.6 is 15.9 Å². The van der Waals surface area contributed by atoms with Crippen LogP contribution in [0.4, 0.5) is 5.69 Å². The molecular formula is C14H20BrN3O. The third-order valence-electron chi connectivity index (χ3n) is 3.66. The second-order valence-electron chi connectivity index (χ2n) is 5.25. The van der Waals surface area contributed by atoms with Gasteiger partial charge in [-0.2, -0.15) is 0 Å². The number of halogens is 1. The average molecular weight is 326 g/mol. The van der Waals surface area contributed by atoms with E-state index in [2.05, 4.69) is 34.9 Å². The number of amides is 1. The summed E-state index contributed by atoms with van der Waals surface area (Å²) < 4.78 is 0.828. The predicted octanol–water partition coefficient (Wildman–Crippen LogP) is 2.20. The van der Waals surface area contributed by atoms with E-state index < -0.39 is 0 Å². The molecule has 0 aromatic heterocycles. The molecule has 1 aliphatic rings. The van der Waals surface area contributed by atoms with E-state index in [1.54, 1.807) is 6.07 Å². The highest BCUT2D eigenvalue weighted by molar-refractivity contribution is 9.10. The second-order valence-corrected chi connectivity index (χ2v) is 6.10. The van der Waals surface area contributed by atoms with Crippen LogP contribution < -0.4 is 5.73 Å². The Morgan fingerprint density at radius 1 is 1.47 bits per heavy atom. The van der Waals surface area contributed by atoms with Crippen LogP contribution in [0, 0.1) is 0 Å². The number of carbonyl (C=O) groups is 1. The van der Waals surface area contributed by atoms with Gasteiger partial charge in [-0.3, -0.25) is 4.79 Å². The van der Waals surface area contributed by atoms with Crippen LogP contribution in [0.2, 0.25) is 0 Å². The monoisotopic (exact) mass is 325 g/mol. The first-order valence-corrected chi connectivity index (χ1v) is 7.29. The van der Waals surface area contributed by atoms with Crippen molar-refractivity contribution in [3.63, 3.8) is 0 Å². The summed E-state index contributed by atoms with van der Waals surface area (Å²) in [7, 11) is 4.13. The minimum Gasteiger partial charge on any atom is -0.398 e. The van der Waals surface area contributed by atoms with Crippen LogP contribution in [-0.2, 0) is 0 Å². The number of hydrogen-bond acceptors (Lipinski definition) is 3. The van der Waals surface area contributed by atoms with E-state index in [9.17, 15) is 4.79 Å². The summed E-state index contributed by atoms with van der Waals surface area (Å²) in [5.74, 6) is 0.0748. The molecule has 1 amide bonds. The van der Waals surface area contributed by atoms with Crippen LogP contribution in [0.1, 0.15) is 23.2 Å². The minimum atomic E-state index is 0.0748. The van der Waals surface area contributed by atoms with Gasteiger partial charge in [-0.1, -0.05) is 0 Å². The van der Waals surface area contributed by atoms with Gasteiger partial charge in [0.05, 0.1) is 0 Å². The molecule has 1 heterocycles. The zero-order chi connectivity index (χ0) is 14.0. The van der Waals surface area contributed by atoms with Crippen molar-refractivity contribution in [1.82, 2.24) is 9.80 Å². The summed E-state index contributed by atoms with van der Waals surface area (Å²) in [6, 6.07) is 5.84. The van der Waals surface area contributed by atoms with Crippen LogP contribution in [0.15, 0.2) is 22.7 Å². The van der Waals surface area contributed by atoms with E-state index >= 15 is 0 Å². The Labute approximate surface area is 122 Å². The summed E-state index contributed by atoms with van der Waals surface area (Å²) >= 11 is 3.35. The van der Waals surface area contributed by atoms with Crippen LogP contribution in [-0.4, -0.2) is 48.9 Å². The number of nitrogen functional groups attached to an aromatic ring is 1. The van der Waals surface area contributed by atoms with E-state index in [0.29, 0.717) is 17.3 Å². The standard InChI is InChI=1S/C14H20BrN3O/c1-17(2)11-4-3-7-18(9-11)14(19)10-5-6-12(15)13(16)8-10/h5-6,8,11H,3-4,7,9,16H2,1-2H3. The molecule has 104 valence electrons. The first-order valence-electron chi connectivity index (χ1n) is 6.50. The van der Waals surface area contributed by atoms with Gasteiger partial charge in [0.2, 0.25) is 0 Å². The van der Waals surface area contributed by atoms with E-state index in [1.807, 2.05) is 17.0 Å². The Bertz CT molecular complexity index is 476. The molecule has 4 nitrogen and oxygen atoms in total. The lowest BCUT2D eigenvalue weighted by atomic mass is 10.0. The lowest BCUT2D eigenvalue weighted by Crippen LogP contribution is -2.47. The SMILES string of the molecule is CN(C)C1CCCN(C(=O)c2ccc(Br)c(N)c2)C1. The zero-order valence-corrected chi connectivity index (χ0v) is 13.0. The van der Waals surface area contributed by atoms with Crippen molar-refractivity contribution >= 4 is 27.5 Å². The van der Waals surface area contributed by atoms with E-state index in [-0.39, 0.29) is 5.91 Å². The van der Waals surface area contributed by atoms with Crippen LogP contribution in [0.25, 0.3) is 0 Å². The summed E-state index contributed by atoms with van der Waals surface area (Å²) in [4.78, 5) is 16.6. The summed E-state index contributed by atoms with van der Waals surface area (Å²) in [6.45, 7) is 1.63. The van der Waals surface area contributed by atoms with Gasteiger partial charge in [0, 0.05) is 34.9 Å². The Kier molecular flexibility index (Phi) is 4.47. The van der Waals surface area contributed by atoms with Gasteiger partial charge in [0.15, 0.2) is 0 Å². The fourth-order valence-electron chi connectivity index (χ4n) is 2.42. The number of nitrogens with two attached hydrogens (primary N) is 1. The molecule has 1 aromatic rings. The maximum absolute atomic E-state index is 12.5. The first kappa shape index (κ1) is 14.3. The first-order chi connectivity index (χ1) is 8.99. The molecule has 1 unspecified atom stereocenters.